The molecule has 1 atom stereocenters. The second kappa shape index (κ2) is 8.02. The number of aliphatic hydroxyl groups excluding tert-OH is 1. The first-order chi connectivity index (χ1) is 7.88. The average molecular weight is 266 g/mol. The third-order valence-electron chi connectivity index (χ3n) is 3.13. The molecule has 0 fully saturated rings. The quantitative estimate of drug-likeness (QED) is 0.653. The number of nitrogens with one attached hydrogen (secondary N) is 1. The molecule has 0 aromatic rings. The highest BCUT2D eigenvalue weighted by Gasteiger charge is 2.23. The first-order valence-corrected chi connectivity index (χ1v) is 7.67. The Labute approximate surface area is 105 Å². The van der Waals surface area contributed by atoms with Crippen molar-refractivity contribution in [2.75, 3.05) is 20.2 Å². The summed E-state index contributed by atoms with van der Waals surface area (Å²) in [6.45, 7) is 6.36. The van der Waals surface area contributed by atoms with Crippen molar-refractivity contribution in [3.05, 3.63) is 0 Å². The van der Waals surface area contributed by atoms with Crippen LogP contribution in [-0.2, 0) is 10.2 Å². The number of nitrogens with zero attached hydrogens (tertiary/aromatic N) is 1. The average Bonchev–Trinajstić information content (AvgIpc) is 2.26. The lowest BCUT2D eigenvalue weighted by atomic mass is 9.96. The molecule has 0 saturated carbocycles. The number of hydrogen-bond donors (Lipinski definition) is 2. The minimum Gasteiger partial charge on any atom is -0.396 e. The van der Waals surface area contributed by atoms with Crippen LogP contribution in [0.2, 0.25) is 0 Å². The third-order valence-corrected chi connectivity index (χ3v) is 4.80. The normalized spacial score (nSPS) is 14.5. The van der Waals surface area contributed by atoms with Crippen molar-refractivity contribution in [2.45, 2.75) is 46.1 Å². The van der Waals surface area contributed by atoms with E-state index in [2.05, 4.69) is 18.6 Å². The molecule has 0 aliphatic carbocycles. The Kier molecular flexibility index (Phi) is 7.94. The smallest absolute Gasteiger partial charge is 0.279 e. The molecule has 5 nitrogen and oxygen atoms in total. The molecule has 0 aliphatic heterocycles. The second-order valence-corrected chi connectivity index (χ2v) is 6.20. The number of aliphatic hydroxyl groups is 1. The Hall–Kier alpha value is -0.170. The summed E-state index contributed by atoms with van der Waals surface area (Å²) < 4.78 is 27.8. The summed E-state index contributed by atoms with van der Waals surface area (Å²) in [5.74, 6) is 0.357. The first-order valence-electron chi connectivity index (χ1n) is 6.23. The maximum Gasteiger partial charge on any atom is 0.279 e. The highest BCUT2D eigenvalue weighted by Crippen LogP contribution is 2.14. The van der Waals surface area contributed by atoms with Crippen molar-refractivity contribution >= 4 is 10.2 Å². The molecule has 104 valence electrons. The lowest BCUT2D eigenvalue weighted by Crippen LogP contribution is -2.45. The molecule has 0 heterocycles. The molecule has 1 unspecified atom stereocenters. The molecule has 0 aromatic carbocycles. The fraction of sp³-hybridized carbons (Fsp3) is 1.00. The van der Waals surface area contributed by atoms with E-state index in [1.807, 2.05) is 6.92 Å². The van der Waals surface area contributed by atoms with E-state index < -0.39 is 10.2 Å². The van der Waals surface area contributed by atoms with Gasteiger partial charge in [-0.05, 0) is 19.3 Å². The molecule has 0 aliphatic rings. The molecular weight excluding hydrogens is 240 g/mol. The van der Waals surface area contributed by atoms with Gasteiger partial charge >= 0.3 is 0 Å². The summed E-state index contributed by atoms with van der Waals surface area (Å²) in [5.41, 5.74) is 0. The zero-order valence-corrected chi connectivity index (χ0v) is 12.1. The lowest BCUT2D eigenvalue weighted by Gasteiger charge is -2.25. The van der Waals surface area contributed by atoms with Crippen LogP contribution < -0.4 is 4.72 Å². The van der Waals surface area contributed by atoms with Gasteiger partial charge in [0.15, 0.2) is 0 Å². The summed E-state index contributed by atoms with van der Waals surface area (Å²) in [5, 5.41) is 8.69. The Balaban J connectivity index is 4.42. The standard InChI is InChI=1S/C11H26N2O3S/c1-5-11(6-2)10(3)12-17(15,16)13(4)8-7-9-14/h10-12,14H,5-9H2,1-4H3. The van der Waals surface area contributed by atoms with Crippen molar-refractivity contribution < 1.29 is 13.5 Å². The highest BCUT2D eigenvalue weighted by molar-refractivity contribution is 7.87. The van der Waals surface area contributed by atoms with Crippen molar-refractivity contribution in [1.82, 2.24) is 9.03 Å². The molecule has 0 spiro atoms. The lowest BCUT2D eigenvalue weighted by molar-refractivity contribution is 0.274. The zero-order chi connectivity index (χ0) is 13.5. The van der Waals surface area contributed by atoms with Crippen LogP contribution in [0.25, 0.3) is 0 Å². The van der Waals surface area contributed by atoms with Crippen LogP contribution in [0.4, 0.5) is 0 Å². The van der Waals surface area contributed by atoms with Crippen LogP contribution in [0.15, 0.2) is 0 Å². The molecule has 0 bridgehead atoms. The predicted octanol–water partition coefficient (Wildman–Crippen LogP) is 0.960. The molecule has 0 amide bonds. The Morgan fingerprint density at radius 2 is 1.82 bits per heavy atom. The third kappa shape index (κ3) is 5.81. The van der Waals surface area contributed by atoms with Gasteiger partial charge in [-0.1, -0.05) is 26.7 Å². The predicted molar refractivity (Wildman–Crippen MR) is 69.9 cm³/mol. The second-order valence-electron chi connectivity index (χ2n) is 4.39. The van der Waals surface area contributed by atoms with E-state index in [4.69, 9.17) is 5.11 Å². The van der Waals surface area contributed by atoms with Gasteiger partial charge < -0.3 is 5.11 Å². The largest absolute Gasteiger partial charge is 0.396 e. The molecule has 0 rings (SSSR count). The van der Waals surface area contributed by atoms with Crippen molar-refractivity contribution in [3.63, 3.8) is 0 Å². The van der Waals surface area contributed by atoms with Gasteiger partial charge in [0.25, 0.3) is 10.2 Å². The SMILES string of the molecule is CCC(CC)C(C)NS(=O)(=O)N(C)CCCO. The maximum atomic E-state index is 11.9. The minimum absolute atomic E-state index is 0.00194. The van der Waals surface area contributed by atoms with Crippen LogP contribution in [0.3, 0.4) is 0 Å². The summed E-state index contributed by atoms with van der Waals surface area (Å²) in [6, 6.07) is -0.0634. The van der Waals surface area contributed by atoms with Crippen LogP contribution in [0.5, 0.6) is 0 Å². The first kappa shape index (κ1) is 16.8. The number of hydrogen-bond acceptors (Lipinski definition) is 3. The van der Waals surface area contributed by atoms with Gasteiger partial charge in [-0.2, -0.15) is 17.4 Å². The fourth-order valence-corrected chi connectivity index (χ4v) is 3.04. The van der Waals surface area contributed by atoms with Crippen molar-refractivity contribution in [3.8, 4) is 0 Å². The Morgan fingerprint density at radius 1 is 1.29 bits per heavy atom. The van der Waals surface area contributed by atoms with Gasteiger partial charge in [0, 0.05) is 26.2 Å². The topological polar surface area (TPSA) is 69.6 Å². The Morgan fingerprint density at radius 3 is 2.24 bits per heavy atom. The monoisotopic (exact) mass is 266 g/mol. The van der Waals surface area contributed by atoms with E-state index >= 15 is 0 Å². The van der Waals surface area contributed by atoms with E-state index in [0.29, 0.717) is 18.9 Å². The van der Waals surface area contributed by atoms with E-state index in [1.54, 1.807) is 0 Å². The zero-order valence-electron chi connectivity index (χ0n) is 11.3. The maximum absolute atomic E-state index is 11.9. The van der Waals surface area contributed by atoms with Crippen LogP contribution in [-0.4, -0.2) is 44.1 Å². The summed E-state index contributed by atoms with van der Waals surface area (Å²) >= 11 is 0. The minimum atomic E-state index is -3.42. The van der Waals surface area contributed by atoms with Crippen LogP contribution in [0.1, 0.15) is 40.0 Å². The van der Waals surface area contributed by atoms with Gasteiger partial charge in [-0.25, -0.2) is 0 Å². The molecular formula is C11H26N2O3S. The van der Waals surface area contributed by atoms with Crippen LogP contribution >= 0.6 is 0 Å². The van der Waals surface area contributed by atoms with Gasteiger partial charge in [0.1, 0.15) is 0 Å². The van der Waals surface area contributed by atoms with Gasteiger partial charge in [-0.15, -0.1) is 0 Å². The molecule has 6 heteroatoms. The van der Waals surface area contributed by atoms with Crippen molar-refractivity contribution in [1.29, 1.82) is 0 Å². The highest BCUT2D eigenvalue weighted by atomic mass is 32.2. The molecule has 0 aromatic heterocycles. The summed E-state index contributed by atoms with van der Waals surface area (Å²) in [4.78, 5) is 0. The van der Waals surface area contributed by atoms with E-state index in [0.717, 1.165) is 12.8 Å². The van der Waals surface area contributed by atoms with Crippen molar-refractivity contribution in [2.24, 2.45) is 5.92 Å². The fourth-order valence-electron chi connectivity index (χ4n) is 1.83. The van der Waals surface area contributed by atoms with Gasteiger partial charge in [-0.3, -0.25) is 0 Å². The summed E-state index contributed by atoms with van der Waals surface area (Å²) in [7, 11) is -1.90. The summed E-state index contributed by atoms with van der Waals surface area (Å²) in [6.07, 6.45) is 2.37. The molecule has 2 N–H and O–H groups in total. The molecule has 17 heavy (non-hydrogen) atoms. The molecule has 0 radical (unpaired) electrons. The van der Waals surface area contributed by atoms with E-state index in [9.17, 15) is 8.42 Å². The molecule has 0 saturated heterocycles. The number of rotatable bonds is 9. The van der Waals surface area contributed by atoms with Crippen LogP contribution in [0, 0.1) is 5.92 Å². The van der Waals surface area contributed by atoms with Gasteiger partial charge in [0.2, 0.25) is 0 Å². The van der Waals surface area contributed by atoms with E-state index in [-0.39, 0.29) is 12.6 Å². The van der Waals surface area contributed by atoms with E-state index in [1.165, 1.54) is 11.4 Å². The Bertz CT molecular complexity index is 289. The van der Waals surface area contributed by atoms with Gasteiger partial charge in [0.05, 0.1) is 0 Å².